The van der Waals surface area contributed by atoms with Crippen LogP contribution in [0.15, 0.2) is 71.5 Å². The highest BCUT2D eigenvalue weighted by molar-refractivity contribution is 5.84. The Morgan fingerprint density at radius 1 is 1.09 bits per heavy atom. The molecule has 1 N–H and O–H groups in total. The number of para-hydroxylation sites is 1. The number of H-pyrrole nitrogens is 1. The highest BCUT2D eigenvalue weighted by Crippen LogP contribution is 2.21. The van der Waals surface area contributed by atoms with Crippen molar-refractivity contribution in [2.45, 2.75) is 25.5 Å². The van der Waals surface area contributed by atoms with Gasteiger partial charge in [0.1, 0.15) is 11.6 Å². The second kappa shape index (κ2) is 9.42. The van der Waals surface area contributed by atoms with Gasteiger partial charge in [-0.15, -0.1) is 0 Å². The molecule has 33 heavy (non-hydrogen) atoms. The van der Waals surface area contributed by atoms with Gasteiger partial charge in [0.2, 0.25) is 0 Å². The van der Waals surface area contributed by atoms with Crippen LogP contribution in [0.4, 0.5) is 0 Å². The number of rotatable bonds is 7. The number of amides is 1. The first-order valence-electron chi connectivity index (χ1n) is 11.1. The van der Waals surface area contributed by atoms with Crippen LogP contribution in [0.3, 0.4) is 0 Å². The van der Waals surface area contributed by atoms with E-state index in [1.165, 1.54) is 0 Å². The molecule has 0 aliphatic carbocycles. The molecular formula is C26H25N3O4. The summed E-state index contributed by atoms with van der Waals surface area (Å²) in [6.45, 7) is 1.20. The van der Waals surface area contributed by atoms with E-state index in [0.717, 1.165) is 23.6 Å². The first-order chi connectivity index (χ1) is 16.2. The smallest absolute Gasteiger partial charge is 0.261 e. The number of carbonyl (C=O) groups excluding carboxylic acids is 1. The minimum Gasteiger partial charge on any atom is -0.484 e. The fraction of sp³-hybridized carbons (Fsp3) is 0.269. The van der Waals surface area contributed by atoms with Crippen molar-refractivity contribution in [2.75, 3.05) is 19.8 Å². The van der Waals surface area contributed by atoms with Crippen LogP contribution in [-0.2, 0) is 16.1 Å². The molecule has 0 spiro atoms. The molecule has 0 bridgehead atoms. The van der Waals surface area contributed by atoms with Crippen molar-refractivity contribution >= 4 is 27.6 Å². The molecule has 7 nitrogen and oxygen atoms in total. The van der Waals surface area contributed by atoms with Crippen LogP contribution in [0.1, 0.15) is 18.7 Å². The fourth-order valence-electron chi connectivity index (χ4n) is 4.17. The second-order valence-corrected chi connectivity index (χ2v) is 8.24. The molecule has 3 aromatic carbocycles. The Kier molecular flexibility index (Phi) is 6.04. The lowest BCUT2D eigenvalue weighted by Crippen LogP contribution is -2.40. The number of fused-ring (bicyclic) bond motifs is 2. The maximum atomic E-state index is 13.1. The van der Waals surface area contributed by atoms with Crippen molar-refractivity contribution in [3.8, 4) is 5.75 Å². The van der Waals surface area contributed by atoms with Crippen LogP contribution in [0.25, 0.3) is 21.7 Å². The summed E-state index contributed by atoms with van der Waals surface area (Å²) in [4.78, 5) is 34.6. The first kappa shape index (κ1) is 21.2. The van der Waals surface area contributed by atoms with E-state index in [0.29, 0.717) is 35.6 Å². The summed E-state index contributed by atoms with van der Waals surface area (Å²) in [5, 5.41) is 2.69. The topological polar surface area (TPSA) is 84.5 Å². The molecule has 168 valence electrons. The molecule has 1 fully saturated rings. The van der Waals surface area contributed by atoms with Gasteiger partial charge in [-0.05, 0) is 47.9 Å². The molecule has 1 atom stereocenters. The van der Waals surface area contributed by atoms with E-state index in [2.05, 4.69) is 9.97 Å². The van der Waals surface area contributed by atoms with Crippen molar-refractivity contribution in [1.82, 2.24) is 14.9 Å². The summed E-state index contributed by atoms with van der Waals surface area (Å²) in [7, 11) is 0. The van der Waals surface area contributed by atoms with Gasteiger partial charge in [0.05, 0.1) is 23.6 Å². The molecule has 1 aliphatic heterocycles. The van der Waals surface area contributed by atoms with Crippen LogP contribution in [0, 0.1) is 0 Å². The lowest BCUT2D eigenvalue weighted by atomic mass is 10.1. The molecule has 4 aromatic rings. The average molecular weight is 444 g/mol. The second-order valence-electron chi connectivity index (χ2n) is 8.24. The van der Waals surface area contributed by atoms with Gasteiger partial charge in [-0.3, -0.25) is 9.59 Å². The van der Waals surface area contributed by atoms with Crippen LogP contribution >= 0.6 is 0 Å². The zero-order valence-corrected chi connectivity index (χ0v) is 18.2. The largest absolute Gasteiger partial charge is 0.484 e. The maximum Gasteiger partial charge on any atom is 0.261 e. The minimum absolute atomic E-state index is 0.0261. The van der Waals surface area contributed by atoms with E-state index < -0.39 is 0 Å². The van der Waals surface area contributed by atoms with E-state index in [4.69, 9.17) is 9.47 Å². The number of carbonyl (C=O) groups is 1. The molecule has 1 unspecified atom stereocenters. The summed E-state index contributed by atoms with van der Waals surface area (Å²) in [6, 6.07) is 20.9. The van der Waals surface area contributed by atoms with Gasteiger partial charge >= 0.3 is 0 Å². The maximum absolute atomic E-state index is 13.1. The summed E-state index contributed by atoms with van der Waals surface area (Å²) >= 11 is 0. The Bertz CT molecular complexity index is 1340. The fourth-order valence-corrected chi connectivity index (χ4v) is 4.17. The summed E-state index contributed by atoms with van der Waals surface area (Å²) < 4.78 is 11.6. The molecule has 5 rings (SSSR count). The van der Waals surface area contributed by atoms with Gasteiger partial charge in [-0.1, -0.05) is 42.5 Å². The zero-order valence-electron chi connectivity index (χ0n) is 18.2. The van der Waals surface area contributed by atoms with Crippen molar-refractivity contribution in [2.24, 2.45) is 0 Å². The van der Waals surface area contributed by atoms with Crippen molar-refractivity contribution < 1.29 is 14.3 Å². The van der Waals surface area contributed by atoms with Gasteiger partial charge < -0.3 is 19.4 Å². The third-order valence-electron chi connectivity index (χ3n) is 5.89. The Morgan fingerprint density at radius 2 is 1.91 bits per heavy atom. The Balaban J connectivity index is 1.33. The monoisotopic (exact) mass is 443 g/mol. The number of hydrogen-bond acceptors (Lipinski definition) is 5. The lowest BCUT2D eigenvalue weighted by Gasteiger charge is -2.25. The summed E-state index contributed by atoms with van der Waals surface area (Å²) in [5.74, 6) is 0.890. The molecule has 2 heterocycles. The molecule has 1 aromatic heterocycles. The number of nitrogens with one attached hydrogen (secondary N) is 1. The molecule has 0 saturated carbocycles. The van der Waals surface area contributed by atoms with Crippen LogP contribution < -0.4 is 10.3 Å². The zero-order chi connectivity index (χ0) is 22.6. The van der Waals surface area contributed by atoms with Gasteiger partial charge in [0.15, 0.2) is 6.61 Å². The van der Waals surface area contributed by atoms with Gasteiger partial charge in [0, 0.05) is 13.2 Å². The van der Waals surface area contributed by atoms with Gasteiger partial charge in [-0.25, -0.2) is 4.98 Å². The average Bonchev–Trinajstić information content (AvgIpc) is 3.35. The Labute approximate surface area is 191 Å². The molecule has 1 saturated heterocycles. The third-order valence-corrected chi connectivity index (χ3v) is 5.89. The van der Waals surface area contributed by atoms with Gasteiger partial charge in [-0.2, -0.15) is 0 Å². The summed E-state index contributed by atoms with van der Waals surface area (Å²) in [5.41, 5.74) is 0.390. The van der Waals surface area contributed by atoms with Crippen LogP contribution in [0.2, 0.25) is 0 Å². The van der Waals surface area contributed by atoms with E-state index >= 15 is 0 Å². The van der Waals surface area contributed by atoms with Gasteiger partial charge in [0.25, 0.3) is 11.5 Å². The van der Waals surface area contributed by atoms with E-state index in [9.17, 15) is 9.59 Å². The Hall–Kier alpha value is -3.71. The third kappa shape index (κ3) is 4.88. The summed E-state index contributed by atoms with van der Waals surface area (Å²) in [6.07, 6.45) is 1.85. The van der Waals surface area contributed by atoms with Crippen molar-refractivity contribution in [3.63, 3.8) is 0 Å². The van der Waals surface area contributed by atoms with Crippen LogP contribution in [-0.4, -0.2) is 46.6 Å². The van der Waals surface area contributed by atoms with E-state index in [-0.39, 0.29) is 30.7 Å². The molecule has 0 radical (unpaired) electrons. The number of hydrogen-bond donors (Lipinski definition) is 1. The number of ether oxygens (including phenoxy) is 2. The number of benzene rings is 3. The van der Waals surface area contributed by atoms with Crippen molar-refractivity contribution in [1.29, 1.82) is 0 Å². The molecule has 7 heteroatoms. The standard InChI is InChI=1S/C26H25N3O4/c30-25(17-33-20-12-11-18-6-1-2-7-19(18)14-20)29(15-21-8-5-13-32-21)16-24-27-23-10-4-3-9-22(23)26(31)28-24/h1-4,6-7,9-12,14,21H,5,8,13,15-17H2,(H,27,28,31). The number of aromatic nitrogens is 2. The highest BCUT2D eigenvalue weighted by atomic mass is 16.5. The highest BCUT2D eigenvalue weighted by Gasteiger charge is 2.24. The normalized spacial score (nSPS) is 15.7. The van der Waals surface area contributed by atoms with E-state index in [1.807, 2.05) is 48.5 Å². The SMILES string of the molecule is O=C(COc1ccc2ccccc2c1)N(Cc1nc2ccccc2c(=O)[nH]1)CC1CCCO1. The van der Waals surface area contributed by atoms with E-state index in [1.54, 1.807) is 23.1 Å². The number of nitrogens with zero attached hydrogens (tertiary/aromatic N) is 2. The number of aromatic amines is 1. The minimum atomic E-state index is -0.215. The first-order valence-corrected chi connectivity index (χ1v) is 11.1. The molecule has 1 aliphatic rings. The van der Waals surface area contributed by atoms with Crippen molar-refractivity contribution in [3.05, 3.63) is 82.9 Å². The quantitative estimate of drug-likeness (QED) is 0.471. The van der Waals surface area contributed by atoms with Crippen LogP contribution in [0.5, 0.6) is 5.75 Å². The predicted molar refractivity (Wildman–Crippen MR) is 126 cm³/mol. The predicted octanol–water partition coefficient (Wildman–Crippen LogP) is 3.66. The lowest BCUT2D eigenvalue weighted by molar-refractivity contribution is -0.135. The Morgan fingerprint density at radius 3 is 2.76 bits per heavy atom. The molecule has 1 amide bonds. The molecular weight excluding hydrogens is 418 g/mol.